The van der Waals surface area contributed by atoms with Gasteiger partial charge in [0.15, 0.2) is 0 Å². The van der Waals surface area contributed by atoms with Crippen LogP contribution in [0.1, 0.15) is 52.9 Å². The summed E-state index contributed by atoms with van der Waals surface area (Å²) in [6.45, 7) is 8.68. The van der Waals surface area contributed by atoms with E-state index in [0.29, 0.717) is 6.04 Å². The third-order valence-corrected chi connectivity index (χ3v) is 4.43. The van der Waals surface area contributed by atoms with E-state index >= 15 is 0 Å². The Morgan fingerprint density at radius 3 is 2.81 bits per heavy atom. The van der Waals surface area contributed by atoms with Crippen LogP contribution in [0.5, 0.6) is 0 Å². The largest absolute Gasteiger partial charge is 0.377 e. The summed E-state index contributed by atoms with van der Waals surface area (Å²) in [6.07, 6.45) is 5.11. The number of carbonyl (C=O) groups excluding carboxylic acids is 1. The highest BCUT2D eigenvalue weighted by molar-refractivity contribution is 5.84. The Morgan fingerprint density at radius 2 is 2.24 bits per heavy atom. The summed E-state index contributed by atoms with van der Waals surface area (Å²) in [5.74, 6) is -0.201. The molecule has 5 nitrogen and oxygen atoms in total. The first-order valence-electron chi connectivity index (χ1n) is 8.28. The standard InChI is InChI=1S/C16H33N3O2/c1-5-9-18-16(15(17)20)8-6-7-14(12-16)19(4)10-11-21-13(2)3/h13-14,18H,5-12H2,1-4H3,(H2,17,20). The van der Waals surface area contributed by atoms with E-state index in [-0.39, 0.29) is 12.0 Å². The summed E-state index contributed by atoms with van der Waals surface area (Å²) in [5.41, 5.74) is 5.18. The lowest BCUT2D eigenvalue weighted by molar-refractivity contribution is -0.126. The van der Waals surface area contributed by atoms with Gasteiger partial charge in [-0.3, -0.25) is 4.79 Å². The first kappa shape index (κ1) is 18.4. The number of nitrogens with one attached hydrogen (secondary N) is 1. The molecule has 0 saturated heterocycles. The van der Waals surface area contributed by atoms with E-state index in [4.69, 9.17) is 10.5 Å². The first-order valence-corrected chi connectivity index (χ1v) is 8.28. The molecule has 0 aromatic heterocycles. The fourth-order valence-corrected chi connectivity index (χ4v) is 3.07. The molecule has 0 aromatic rings. The highest BCUT2D eigenvalue weighted by Gasteiger charge is 2.41. The molecule has 2 unspecified atom stereocenters. The molecule has 1 aliphatic carbocycles. The Morgan fingerprint density at radius 1 is 1.52 bits per heavy atom. The fraction of sp³-hybridized carbons (Fsp3) is 0.938. The Labute approximate surface area is 129 Å². The predicted octanol–water partition coefficient (Wildman–Crippen LogP) is 1.51. The summed E-state index contributed by atoms with van der Waals surface area (Å²) in [4.78, 5) is 14.3. The maximum Gasteiger partial charge on any atom is 0.237 e. The highest BCUT2D eigenvalue weighted by Crippen LogP contribution is 2.30. The molecule has 5 heteroatoms. The van der Waals surface area contributed by atoms with Crippen LogP contribution >= 0.6 is 0 Å². The fourth-order valence-electron chi connectivity index (χ4n) is 3.07. The first-order chi connectivity index (χ1) is 9.91. The van der Waals surface area contributed by atoms with E-state index in [1.807, 2.05) is 13.8 Å². The maximum atomic E-state index is 12.0. The van der Waals surface area contributed by atoms with E-state index in [2.05, 4.69) is 24.2 Å². The number of hydrogen-bond donors (Lipinski definition) is 2. The zero-order valence-corrected chi connectivity index (χ0v) is 14.2. The molecule has 0 heterocycles. The van der Waals surface area contributed by atoms with Gasteiger partial charge in [-0.15, -0.1) is 0 Å². The number of carbonyl (C=O) groups is 1. The quantitative estimate of drug-likeness (QED) is 0.677. The number of primary amides is 1. The zero-order valence-electron chi connectivity index (χ0n) is 14.2. The molecule has 124 valence electrons. The molecule has 0 aromatic carbocycles. The molecule has 0 radical (unpaired) electrons. The molecule has 3 N–H and O–H groups in total. The second-order valence-corrected chi connectivity index (χ2v) is 6.52. The minimum atomic E-state index is -0.522. The second-order valence-electron chi connectivity index (χ2n) is 6.52. The third kappa shape index (κ3) is 5.57. The molecule has 1 aliphatic rings. The molecule has 0 bridgehead atoms. The van der Waals surface area contributed by atoms with Gasteiger partial charge in [0.1, 0.15) is 0 Å². The summed E-state index contributed by atoms with van der Waals surface area (Å²) < 4.78 is 5.62. The van der Waals surface area contributed by atoms with Crippen molar-refractivity contribution in [2.45, 2.75) is 70.6 Å². The van der Waals surface area contributed by atoms with Gasteiger partial charge in [0.25, 0.3) is 0 Å². The molecule has 0 spiro atoms. The molecule has 0 aliphatic heterocycles. The van der Waals surface area contributed by atoms with Gasteiger partial charge in [0.2, 0.25) is 5.91 Å². The molecular formula is C16H33N3O2. The zero-order chi connectivity index (χ0) is 15.9. The number of nitrogens with zero attached hydrogens (tertiary/aromatic N) is 1. The van der Waals surface area contributed by atoms with Crippen LogP contribution in [0.25, 0.3) is 0 Å². The summed E-state index contributed by atoms with van der Waals surface area (Å²) in [7, 11) is 2.12. The lowest BCUT2D eigenvalue weighted by Crippen LogP contribution is -2.60. The second kappa shape index (κ2) is 8.71. The smallest absolute Gasteiger partial charge is 0.237 e. The van der Waals surface area contributed by atoms with E-state index < -0.39 is 5.54 Å². The van der Waals surface area contributed by atoms with Crippen LogP contribution in [0.4, 0.5) is 0 Å². The molecule has 1 saturated carbocycles. The van der Waals surface area contributed by atoms with Crippen LogP contribution in [-0.4, -0.2) is 55.2 Å². The van der Waals surface area contributed by atoms with Gasteiger partial charge < -0.3 is 20.7 Å². The van der Waals surface area contributed by atoms with Crippen molar-refractivity contribution in [1.29, 1.82) is 0 Å². The van der Waals surface area contributed by atoms with Gasteiger partial charge in [0, 0.05) is 12.6 Å². The molecule has 21 heavy (non-hydrogen) atoms. The van der Waals surface area contributed by atoms with Crippen LogP contribution < -0.4 is 11.1 Å². The van der Waals surface area contributed by atoms with Crippen molar-refractivity contribution in [3.05, 3.63) is 0 Å². The van der Waals surface area contributed by atoms with Crippen molar-refractivity contribution in [3.63, 3.8) is 0 Å². The monoisotopic (exact) mass is 299 g/mol. The minimum absolute atomic E-state index is 0.201. The number of likely N-dealkylation sites (N-methyl/N-ethyl adjacent to an activating group) is 1. The summed E-state index contributed by atoms with van der Waals surface area (Å²) in [5, 5.41) is 3.41. The SMILES string of the molecule is CCCNC1(C(N)=O)CCCC(N(C)CCOC(C)C)C1. The molecule has 1 rings (SSSR count). The lowest BCUT2D eigenvalue weighted by atomic mass is 9.77. The van der Waals surface area contributed by atoms with Gasteiger partial charge in [-0.05, 0) is 59.5 Å². The normalized spacial score (nSPS) is 26.5. The van der Waals surface area contributed by atoms with E-state index in [1.54, 1.807) is 0 Å². The summed E-state index contributed by atoms with van der Waals surface area (Å²) >= 11 is 0. The number of nitrogens with two attached hydrogens (primary N) is 1. The Hall–Kier alpha value is -0.650. The van der Waals surface area contributed by atoms with E-state index in [0.717, 1.165) is 51.8 Å². The van der Waals surface area contributed by atoms with Crippen molar-refractivity contribution >= 4 is 5.91 Å². The number of ether oxygens (including phenoxy) is 1. The van der Waals surface area contributed by atoms with E-state index in [1.165, 1.54) is 0 Å². The maximum absolute atomic E-state index is 12.0. The number of hydrogen-bond acceptors (Lipinski definition) is 4. The van der Waals surface area contributed by atoms with Crippen molar-refractivity contribution in [2.24, 2.45) is 5.73 Å². The number of amides is 1. The average Bonchev–Trinajstić information content (AvgIpc) is 2.44. The Bertz CT molecular complexity index is 323. The minimum Gasteiger partial charge on any atom is -0.377 e. The van der Waals surface area contributed by atoms with Gasteiger partial charge in [-0.1, -0.05) is 6.92 Å². The van der Waals surface area contributed by atoms with Crippen LogP contribution in [-0.2, 0) is 9.53 Å². The molecule has 2 atom stereocenters. The van der Waals surface area contributed by atoms with Crippen molar-refractivity contribution < 1.29 is 9.53 Å². The van der Waals surface area contributed by atoms with E-state index in [9.17, 15) is 4.79 Å². The highest BCUT2D eigenvalue weighted by atomic mass is 16.5. The van der Waals surface area contributed by atoms with Crippen LogP contribution in [0.3, 0.4) is 0 Å². The lowest BCUT2D eigenvalue weighted by Gasteiger charge is -2.42. The van der Waals surface area contributed by atoms with Crippen molar-refractivity contribution in [1.82, 2.24) is 10.2 Å². The average molecular weight is 299 g/mol. The molecule has 1 fully saturated rings. The van der Waals surface area contributed by atoms with Crippen molar-refractivity contribution in [2.75, 3.05) is 26.7 Å². The van der Waals surface area contributed by atoms with Gasteiger partial charge in [-0.25, -0.2) is 0 Å². The Balaban J connectivity index is 2.57. The predicted molar refractivity (Wildman–Crippen MR) is 86.2 cm³/mol. The van der Waals surface area contributed by atoms with Crippen molar-refractivity contribution in [3.8, 4) is 0 Å². The molecule has 1 amide bonds. The van der Waals surface area contributed by atoms with Gasteiger partial charge in [0.05, 0.1) is 18.2 Å². The van der Waals surface area contributed by atoms with Crippen LogP contribution in [0.15, 0.2) is 0 Å². The van der Waals surface area contributed by atoms with Crippen LogP contribution in [0, 0.1) is 0 Å². The van der Waals surface area contributed by atoms with Crippen LogP contribution in [0.2, 0.25) is 0 Å². The van der Waals surface area contributed by atoms with Gasteiger partial charge in [-0.2, -0.15) is 0 Å². The van der Waals surface area contributed by atoms with Gasteiger partial charge >= 0.3 is 0 Å². The number of rotatable bonds is 9. The third-order valence-electron chi connectivity index (χ3n) is 4.43. The summed E-state index contributed by atoms with van der Waals surface area (Å²) in [6, 6.07) is 0.395. The molecular weight excluding hydrogens is 266 g/mol. The topological polar surface area (TPSA) is 67.6 Å². The Kier molecular flexibility index (Phi) is 7.63.